The van der Waals surface area contributed by atoms with Crippen molar-refractivity contribution in [3.63, 3.8) is 0 Å². The van der Waals surface area contributed by atoms with Crippen LogP contribution in [-0.2, 0) is 22.3 Å². The van der Waals surface area contributed by atoms with E-state index >= 15 is 0 Å². The Morgan fingerprint density at radius 3 is 1.15 bits per heavy atom. The topological polar surface area (TPSA) is 52.6 Å². The van der Waals surface area contributed by atoms with Crippen molar-refractivity contribution in [1.82, 2.24) is 0 Å². The summed E-state index contributed by atoms with van der Waals surface area (Å²) in [6.07, 6.45) is 25.6. The largest absolute Gasteiger partial charge is 0.455 e. The summed E-state index contributed by atoms with van der Waals surface area (Å²) in [7, 11) is 0. The number of rotatable bonds is 19. The smallest absolute Gasteiger partial charge is 0.338 e. The van der Waals surface area contributed by atoms with E-state index in [1.165, 1.54) is 127 Å². The molecule has 2 atom stereocenters. The van der Waals surface area contributed by atoms with Crippen molar-refractivity contribution in [2.75, 3.05) is 0 Å². The molecule has 0 bridgehead atoms. The maximum absolute atomic E-state index is 12.8. The van der Waals surface area contributed by atoms with E-state index in [1.54, 1.807) is 13.8 Å². The molecule has 266 valence electrons. The van der Waals surface area contributed by atoms with Gasteiger partial charge in [0, 0.05) is 0 Å². The Labute approximate surface area is 293 Å². The average Bonchev–Trinajstić information content (AvgIpc) is 3.10. The molecule has 0 unspecified atom stereocenters. The second-order valence-corrected chi connectivity index (χ2v) is 15.5. The van der Waals surface area contributed by atoms with Gasteiger partial charge in [0.2, 0.25) is 0 Å². The predicted octanol–water partition coefficient (Wildman–Crippen LogP) is 12.1. The van der Waals surface area contributed by atoms with Crippen LogP contribution in [0.25, 0.3) is 0 Å². The minimum atomic E-state index is -0.556. The van der Waals surface area contributed by atoms with Crippen LogP contribution in [0.5, 0.6) is 0 Å². The first-order valence-corrected chi connectivity index (χ1v) is 19.9. The van der Waals surface area contributed by atoms with Crippen molar-refractivity contribution in [2.24, 2.45) is 23.7 Å². The lowest BCUT2D eigenvalue weighted by Gasteiger charge is -2.28. The van der Waals surface area contributed by atoms with Crippen LogP contribution in [-0.4, -0.2) is 24.1 Å². The number of hydrogen-bond donors (Lipinski definition) is 0. The maximum atomic E-state index is 12.8. The average molecular weight is 659 g/mol. The zero-order chi connectivity index (χ0) is 34.1. The first-order chi connectivity index (χ1) is 23.3. The van der Waals surface area contributed by atoms with E-state index in [4.69, 9.17) is 9.47 Å². The molecule has 2 fully saturated rings. The van der Waals surface area contributed by atoms with Crippen LogP contribution in [0.3, 0.4) is 0 Å². The van der Waals surface area contributed by atoms with Crippen LogP contribution < -0.4 is 0 Å². The molecule has 2 aromatic rings. The second-order valence-electron chi connectivity index (χ2n) is 15.5. The quantitative estimate of drug-likeness (QED) is 0.111. The molecular weight excluding hydrogens is 592 g/mol. The van der Waals surface area contributed by atoms with E-state index in [0.29, 0.717) is 11.1 Å². The number of aryl methyl sites for hydroxylation is 2. The van der Waals surface area contributed by atoms with Crippen LogP contribution in [0.4, 0.5) is 0 Å². The highest BCUT2D eigenvalue weighted by Gasteiger charge is 2.23. The van der Waals surface area contributed by atoms with Gasteiger partial charge in [-0.25, -0.2) is 9.59 Å². The maximum Gasteiger partial charge on any atom is 0.338 e. The van der Waals surface area contributed by atoms with Crippen molar-refractivity contribution in [1.29, 1.82) is 0 Å². The molecular formula is C44H66O4. The zero-order valence-electron chi connectivity index (χ0n) is 30.9. The SMILES string of the molecule is CCC[C@H]1CC[C@H](CCCCc2ccc(C(=O)O[C@H](C)[C@@H](C)OC(=O)c3ccc(CCCC[C@H]4CC[C@H](CCC)CC4)cc3)cc2)CC1. The van der Waals surface area contributed by atoms with Crippen molar-refractivity contribution >= 4 is 11.9 Å². The van der Waals surface area contributed by atoms with Gasteiger partial charge in [-0.15, -0.1) is 0 Å². The molecule has 0 amide bonds. The van der Waals surface area contributed by atoms with Crippen molar-refractivity contribution in [3.8, 4) is 0 Å². The summed E-state index contributed by atoms with van der Waals surface area (Å²) in [4.78, 5) is 25.7. The first-order valence-electron chi connectivity index (χ1n) is 19.9. The van der Waals surface area contributed by atoms with Crippen LogP contribution in [0, 0.1) is 23.7 Å². The highest BCUT2D eigenvalue weighted by Crippen LogP contribution is 2.35. The van der Waals surface area contributed by atoms with E-state index in [0.717, 1.165) is 36.5 Å². The zero-order valence-corrected chi connectivity index (χ0v) is 30.9. The molecule has 2 aromatic carbocycles. The number of benzene rings is 2. The van der Waals surface area contributed by atoms with Crippen molar-refractivity contribution in [2.45, 2.75) is 168 Å². The Morgan fingerprint density at radius 2 is 0.833 bits per heavy atom. The van der Waals surface area contributed by atoms with Gasteiger partial charge in [0.15, 0.2) is 0 Å². The molecule has 0 aromatic heterocycles. The third-order valence-electron chi connectivity index (χ3n) is 11.6. The molecule has 2 saturated carbocycles. The third-order valence-corrected chi connectivity index (χ3v) is 11.6. The van der Waals surface area contributed by atoms with Crippen LogP contribution in [0.15, 0.2) is 48.5 Å². The molecule has 4 heteroatoms. The first kappa shape index (κ1) is 38.2. The minimum Gasteiger partial charge on any atom is -0.455 e. The Bertz CT molecular complexity index is 1090. The Morgan fingerprint density at radius 1 is 0.521 bits per heavy atom. The van der Waals surface area contributed by atoms with Crippen molar-refractivity contribution < 1.29 is 19.1 Å². The molecule has 4 rings (SSSR count). The van der Waals surface area contributed by atoms with Gasteiger partial charge >= 0.3 is 11.9 Å². The van der Waals surface area contributed by atoms with Gasteiger partial charge in [-0.2, -0.15) is 0 Å². The van der Waals surface area contributed by atoms with E-state index < -0.39 is 12.2 Å². The fourth-order valence-electron chi connectivity index (χ4n) is 8.24. The molecule has 0 spiro atoms. The number of carbonyl (C=O) groups excluding carboxylic acids is 2. The van der Waals surface area contributed by atoms with Gasteiger partial charge in [0.1, 0.15) is 12.2 Å². The van der Waals surface area contributed by atoms with Gasteiger partial charge in [0.25, 0.3) is 0 Å². The Balaban J connectivity index is 1.09. The molecule has 4 nitrogen and oxygen atoms in total. The van der Waals surface area contributed by atoms with Gasteiger partial charge in [-0.05, 0) is 98.6 Å². The van der Waals surface area contributed by atoms with Crippen LogP contribution in [0.2, 0.25) is 0 Å². The standard InChI is InChI=1S/C44H66O4/c1-5-11-35-17-21-37(22-18-35)13-7-9-15-39-25-29-41(30-26-39)43(45)47-33(3)34(4)48-44(46)42-31-27-40(28-32-42)16-10-8-14-38-23-19-36(12-6-2)20-24-38/h25-38H,5-24H2,1-4H3/t33-,34-,35-,36-,37-,38-/m1/s1. The summed E-state index contributed by atoms with van der Waals surface area (Å²) < 4.78 is 11.4. The third kappa shape index (κ3) is 13.0. The summed E-state index contributed by atoms with van der Waals surface area (Å²) in [6, 6.07) is 15.6. The Hall–Kier alpha value is -2.62. The summed E-state index contributed by atoms with van der Waals surface area (Å²) in [5, 5.41) is 0. The normalized spacial score (nSPS) is 22.5. The summed E-state index contributed by atoms with van der Waals surface area (Å²) in [5.74, 6) is 3.04. The minimum absolute atomic E-state index is 0.385. The molecule has 2 aliphatic carbocycles. The fourth-order valence-corrected chi connectivity index (χ4v) is 8.24. The van der Waals surface area contributed by atoms with E-state index in [1.807, 2.05) is 48.5 Å². The lowest BCUT2D eigenvalue weighted by Crippen LogP contribution is -2.30. The van der Waals surface area contributed by atoms with E-state index in [-0.39, 0.29) is 11.9 Å². The molecule has 0 N–H and O–H groups in total. The number of carbonyl (C=O) groups is 2. The molecule has 2 aliphatic rings. The summed E-state index contributed by atoms with van der Waals surface area (Å²) >= 11 is 0. The number of hydrogen-bond acceptors (Lipinski definition) is 4. The van der Waals surface area contributed by atoms with Crippen LogP contribution >= 0.6 is 0 Å². The van der Waals surface area contributed by atoms with E-state index in [9.17, 15) is 9.59 Å². The van der Waals surface area contributed by atoms with Gasteiger partial charge in [-0.3, -0.25) is 0 Å². The highest BCUT2D eigenvalue weighted by molar-refractivity contribution is 5.90. The van der Waals surface area contributed by atoms with Crippen molar-refractivity contribution in [3.05, 3.63) is 70.8 Å². The highest BCUT2D eigenvalue weighted by atomic mass is 16.6. The monoisotopic (exact) mass is 658 g/mol. The second kappa shape index (κ2) is 20.8. The lowest BCUT2D eigenvalue weighted by atomic mass is 9.78. The molecule has 0 saturated heterocycles. The molecule has 0 radical (unpaired) electrons. The lowest BCUT2D eigenvalue weighted by molar-refractivity contribution is -0.0239. The number of esters is 2. The number of unbranched alkanes of at least 4 members (excludes halogenated alkanes) is 2. The van der Waals surface area contributed by atoms with Crippen LogP contribution in [0.1, 0.15) is 175 Å². The molecule has 48 heavy (non-hydrogen) atoms. The summed E-state index contributed by atoms with van der Waals surface area (Å²) in [5.41, 5.74) is 3.59. The van der Waals surface area contributed by atoms with Gasteiger partial charge < -0.3 is 9.47 Å². The Kier molecular flexibility index (Phi) is 16.5. The van der Waals surface area contributed by atoms with Gasteiger partial charge in [-0.1, -0.05) is 141 Å². The van der Waals surface area contributed by atoms with Gasteiger partial charge in [0.05, 0.1) is 11.1 Å². The number of ether oxygens (including phenoxy) is 2. The van der Waals surface area contributed by atoms with E-state index in [2.05, 4.69) is 13.8 Å². The predicted molar refractivity (Wildman–Crippen MR) is 198 cm³/mol. The molecule has 0 aliphatic heterocycles. The fraction of sp³-hybridized carbons (Fsp3) is 0.682. The molecule has 0 heterocycles. The summed E-state index contributed by atoms with van der Waals surface area (Å²) in [6.45, 7) is 8.17.